The Hall–Kier alpha value is -0.120. The van der Waals surface area contributed by atoms with Gasteiger partial charge in [-0.05, 0) is 19.8 Å². The molecule has 0 radical (unpaired) electrons. The molecule has 0 aromatic heterocycles. The Balaban J connectivity index is 2.21. The van der Waals surface area contributed by atoms with E-state index in [1.54, 1.807) is 7.11 Å². The molecule has 3 nitrogen and oxygen atoms in total. The van der Waals surface area contributed by atoms with Crippen molar-refractivity contribution in [2.75, 3.05) is 20.3 Å². The van der Waals surface area contributed by atoms with Gasteiger partial charge in [-0.25, -0.2) is 0 Å². The standard InChI is InChI=1S/C9H18O3/c1-7(11-2)5-9(10)8-3-4-12-6-8/h7-10H,3-6H2,1-2H3. The van der Waals surface area contributed by atoms with Crippen molar-refractivity contribution < 1.29 is 14.6 Å². The number of rotatable bonds is 4. The van der Waals surface area contributed by atoms with Gasteiger partial charge >= 0.3 is 0 Å². The molecule has 1 aliphatic heterocycles. The summed E-state index contributed by atoms with van der Waals surface area (Å²) in [5.74, 6) is 0.322. The summed E-state index contributed by atoms with van der Waals surface area (Å²) in [5.41, 5.74) is 0. The van der Waals surface area contributed by atoms with Gasteiger partial charge in [0.05, 0.1) is 18.8 Å². The predicted molar refractivity (Wildman–Crippen MR) is 46.0 cm³/mol. The normalized spacial score (nSPS) is 28.8. The highest BCUT2D eigenvalue weighted by Gasteiger charge is 2.24. The minimum absolute atomic E-state index is 0.139. The lowest BCUT2D eigenvalue weighted by Crippen LogP contribution is -2.25. The fourth-order valence-corrected chi connectivity index (χ4v) is 1.48. The van der Waals surface area contributed by atoms with Gasteiger partial charge in [0.2, 0.25) is 0 Å². The maximum atomic E-state index is 9.69. The van der Waals surface area contributed by atoms with Gasteiger partial charge in [0.25, 0.3) is 0 Å². The Morgan fingerprint density at radius 1 is 1.67 bits per heavy atom. The van der Waals surface area contributed by atoms with Crippen LogP contribution in [-0.4, -0.2) is 37.6 Å². The van der Waals surface area contributed by atoms with Gasteiger partial charge in [-0.2, -0.15) is 0 Å². The van der Waals surface area contributed by atoms with Gasteiger partial charge in [-0.1, -0.05) is 0 Å². The van der Waals surface area contributed by atoms with Crippen molar-refractivity contribution in [2.24, 2.45) is 5.92 Å². The van der Waals surface area contributed by atoms with Crippen molar-refractivity contribution in [1.29, 1.82) is 0 Å². The van der Waals surface area contributed by atoms with E-state index in [2.05, 4.69) is 0 Å². The molecule has 1 rings (SSSR count). The molecule has 3 unspecified atom stereocenters. The minimum Gasteiger partial charge on any atom is -0.393 e. The summed E-state index contributed by atoms with van der Waals surface area (Å²) in [6, 6.07) is 0. The van der Waals surface area contributed by atoms with E-state index in [0.717, 1.165) is 13.0 Å². The van der Waals surface area contributed by atoms with Crippen molar-refractivity contribution in [2.45, 2.75) is 32.0 Å². The summed E-state index contributed by atoms with van der Waals surface area (Å²) in [4.78, 5) is 0. The number of aliphatic hydroxyl groups excluding tert-OH is 1. The smallest absolute Gasteiger partial charge is 0.0615 e. The van der Waals surface area contributed by atoms with Crippen LogP contribution in [-0.2, 0) is 9.47 Å². The molecule has 72 valence electrons. The number of aliphatic hydroxyl groups is 1. The largest absolute Gasteiger partial charge is 0.393 e. The monoisotopic (exact) mass is 174 g/mol. The summed E-state index contributed by atoms with van der Waals surface area (Å²) in [6.45, 7) is 3.47. The van der Waals surface area contributed by atoms with Gasteiger partial charge in [0.1, 0.15) is 0 Å². The predicted octanol–water partition coefficient (Wildman–Crippen LogP) is 0.809. The van der Waals surface area contributed by atoms with Crippen LogP contribution in [0.2, 0.25) is 0 Å². The van der Waals surface area contributed by atoms with Crippen LogP contribution in [0.3, 0.4) is 0 Å². The lowest BCUT2D eigenvalue weighted by molar-refractivity contribution is 0.0252. The van der Waals surface area contributed by atoms with Crippen LogP contribution in [0.1, 0.15) is 19.8 Å². The molecule has 3 atom stereocenters. The molecule has 0 bridgehead atoms. The van der Waals surface area contributed by atoms with E-state index >= 15 is 0 Å². The molecule has 3 heteroatoms. The number of hydrogen-bond acceptors (Lipinski definition) is 3. The molecule has 0 amide bonds. The van der Waals surface area contributed by atoms with Crippen molar-refractivity contribution in [3.05, 3.63) is 0 Å². The first-order valence-electron chi connectivity index (χ1n) is 4.52. The third-order valence-electron chi connectivity index (χ3n) is 2.48. The van der Waals surface area contributed by atoms with E-state index in [4.69, 9.17) is 9.47 Å². The van der Waals surface area contributed by atoms with Crippen LogP contribution in [0, 0.1) is 5.92 Å². The lowest BCUT2D eigenvalue weighted by Gasteiger charge is -2.19. The van der Waals surface area contributed by atoms with Crippen LogP contribution in [0.25, 0.3) is 0 Å². The highest BCUT2D eigenvalue weighted by molar-refractivity contribution is 4.74. The van der Waals surface area contributed by atoms with Crippen molar-refractivity contribution >= 4 is 0 Å². The molecule has 1 saturated heterocycles. The summed E-state index contributed by atoms with van der Waals surface area (Å²) in [5, 5.41) is 9.69. The van der Waals surface area contributed by atoms with Crippen molar-refractivity contribution in [3.8, 4) is 0 Å². The molecule has 0 spiro atoms. The van der Waals surface area contributed by atoms with E-state index in [-0.39, 0.29) is 12.2 Å². The third-order valence-corrected chi connectivity index (χ3v) is 2.48. The first-order valence-corrected chi connectivity index (χ1v) is 4.52. The maximum absolute atomic E-state index is 9.69. The second kappa shape index (κ2) is 4.80. The first kappa shape index (κ1) is 9.96. The molecule has 0 aliphatic carbocycles. The minimum atomic E-state index is -0.262. The van der Waals surface area contributed by atoms with Crippen LogP contribution in [0.5, 0.6) is 0 Å². The lowest BCUT2D eigenvalue weighted by atomic mass is 9.97. The van der Waals surface area contributed by atoms with Gasteiger partial charge in [0.15, 0.2) is 0 Å². The molecule has 1 N–H and O–H groups in total. The Morgan fingerprint density at radius 3 is 2.92 bits per heavy atom. The Bertz CT molecular complexity index is 121. The number of ether oxygens (including phenoxy) is 2. The van der Waals surface area contributed by atoms with E-state index in [9.17, 15) is 5.11 Å². The van der Waals surface area contributed by atoms with Gasteiger partial charge in [-0.15, -0.1) is 0 Å². The molecule has 12 heavy (non-hydrogen) atoms. The average Bonchev–Trinajstić information content (AvgIpc) is 2.56. The highest BCUT2D eigenvalue weighted by atomic mass is 16.5. The second-order valence-electron chi connectivity index (χ2n) is 3.47. The first-order chi connectivity index (χ1) is 5.74. The van der Waals surface area contributed by atoms with E-state index in [1.165, 1.54) is 0 Å². The highest BCUT2D eigenvalue weighted by Crippen LogP contribution is 2.20. The molecule has 1 aliphatic rings. The number of methoxy groups -OCH3 is 1. The zero-order valence-electron chi connectivity index (χ0n) is 7.82. The fourth-order valence-electron chi connectivity index (χ4n) is 1.48. The van der Waals surface area contributed by atoms with Crippen LogP contribution >= 0.6 is 0 Å². The Kier molecular flexibility index (Phi) is 3.98. The molecule has 1 heterocycles. The van der Waals surface area contributed by atoms with Crippen molar-refractivity contribution in [1.82, 2.24) is 0 Å². The summed E-state index contributed by atoms with van der Waals surface area (Å²) < 4.78 is 10.3. The summed E-state index contributed by atoms with van der Waals surface area (Å²) in [6.07, 6.45) is 1.57. The van der Waals surface area contributed by atoms with Gasteiger partial charge < -0.3 is 14.6 Å². The van der Waals surface area contributed by atoms with Gasteiger partial charge in [-0.3, -0.25) is 0 Å². The van der Waals surface area contributed by atoms with Crippen LogP contribution < -0.4 is 0 Å². The van der Waals surface area contributed by atoms with Crippen LogP contribution in [0.4, 0.5) is 0 Å². The molecule has 1 fully saturated rings. The maximum Gasteiger partial charge on any atom is 0.0615 e. The topological polar surface area (TPSA) is 38.7 Å². The molecule has 0 aromatic rings. The Labute approximate surface area is 73.7 Å². The van der Waals surface area contributed by atoms with Crippen molar-refractivity contribution in [3.63, 3.8) is 0 Å². The van der Waals surface area contributed by atoms with E-state index in [0.29, 0.717) is 18.9 Å². The third kappa shape index (κ3) is 2.73. The zero-order valence-corrected chi connectivity index (χ0v) is 7.82. The molecule has 0 saturated carbocycles. The summed E-state index contributed by atoms with van der Waals surface area (Å²) >= 11 is 0. The molecular weight excluding hydrogens is 156 g/mol. The SMILES string of the molecule is COC(C)CC(O)C1CCOC1. The van der Waals surface area contributed by atoms with E-state index in [1.807, 2.05) is 6.92 Å². The fraction of sp³-hybridized carbons (Fsp3) is 1.00. The summed E-state index contributed by atoms with van der Waals surface area (Å²) in [7, 11) is 1.67. The quantitative estimate of drug-likeness (QED) is 0.685. The Morgan fingerprint density at radius 2 is 2.42 bits per heavy atom. The second-order valence-corrected chi connectivity index (χ2v) is 3.47. The molecular formula is C9H18O3. The zero-order chi connectivity index (χ0) is 8.97. The number of hydrogen-bond donors (Lipinski definition) is 1. The van der Waals surface area contributed by atoms with E-state index < -0.39 is 0 Å². The molecule has 0 aromatic carbocycles. The average molecular weight is 174 g/mol. The van der Waals surface area contributed by atoms with Gasteiger partial charge in [0, 0.05) is 19.6 Å². The van der Waals surface area contributed by atoms with Crippen LogP contribution in [0.15, 0.2) is 0 Å².